The van der Waals surface area contributed by atoms with Gasteiger partial charge in [0.2, 0.25) is 17.4 Å². The molecule has 0 spiro atoms. The number of likely N-dealkylation sites (tertiary alicyclic amines) is 1. The van der Waals surface area contributed by atoms with Crippen LogP contribution in [0.2, 0.25) is 0 Å². The largest absolute Gasteiger partial charge is 0.506 e. The number of phenolic OH excluding ortho intramolecular Hbond substituents is 1. The maximum Gasteiger partial charge on any atom is 0.411 e. The minimum absolute atomic E-state index is 0.00654. The van der Waals surface area contributed by atoms with Crippen LogP contribution in [-0.4, -0.2) is 83.4 Å². The number of carbonyl (C=O) groups excluding carboxylic acids is 3. The molecule has 338 valence electrons. The molecule has 1 saturated heterocycles. The summed E-state index contributed by atoms with van der Waals surface area (Å²) in [6, 6.07) is 37.3. The van der Waals surface area contributed by atoms with Gasteiger partial charge in [-0.3, -0.25) is 19.7 Å². The molecule has 1 aromatic heterocycles. The average Bonchev–Trinajstić information content (AvgIpc) is 3.31. The fourth-order valence-electron chi connectivity index (χ4n) is 8.28. The van der Waals surface area contributed by atoms with Crippen molar-refractivity contribution in [1.29, 1.82) is 0 Å². The Labute approximate surface area is 379 Å². The summed E-state index contributed by atoms with van der Waals surface area (Å²) < 4.78 is 5.78. The smallest absolute Gasteiger partial charge is 0.411 e. The molecule has 5 aromatic carbocycles. The van der Waals surface area contributed by atoms with Gasteiger partial charge in [-0.05, 0) is 96.8 Å². The third kappa shape index (κ3) is 12.5. The van der Waals surface area contributed by atoms with Crippen molar-refractivity contribution in [2.45, 2.75) is 70.7 Å². The number of aliphatic hydroxyl groups excluding tert-OH is 1. The van der Waals surface area contributed by atoms with Crippen molar-refractivity contribution in [3.05, 3.63) is 159 Å². The maximum atomic E-state index is 13.2. The number of H-pyrrole nitrogens is 1. The molecule has 7 rings (SSSR count). The lowest BCUT2D eigenvalue weighted by atomic mass is 9.98. The number of rotatable bonds is 17. The molecule has 0 unspecified atom stereocenters. The van der Waals surface area contributed by atoms with E-state index in [1.807, 2.05) is 97.9 Å². The Morgan fingerprint density at radius 1 is 0.892 bits per heavy atom. The van der Waals surface area contributed by atoms with Crippen LogP contribution in [0.3, 0.4) is 0 Å². The summed E-state index contributed by atoms with van der Waals surface area (Å²) in [5.41, 5.74) is 8.04. The Morgan fingerprint density at radius 2 is 1.62 bits per heavy atom. The van der Waals surface area contributed by atoms with Gasteiger partial charge in [-0.15, -0.1) is 0 Å². The number of aromatic hydroxyl groups is 1. The summed E-state index contributed by atoms with van der Waals surface area (Å²) >= 11 is 0. The van der Waals surface area contributed by atoms with Gasteiger partial charge in [0.1, 0.15) is 11.9 Å². The first-order valence-corrected chi connectivity index (χ1v) is 22.2. The normalized spacial score (nSPS) is 14.1. The zero-order chi connectivity index (χ0) is 45.9. The number of aryl methyl sites for hydroxylation is 1. The minimum Gasteiger partial charge on any atom is -0.506 e. The zero-order valence-electron chi connectivity index (χ0n) is 37.2. The molecule has 0 radical (unpaired) electrons. The second kappa shape index (κ2) is 21.7. The molecular formula is C52H58N6O7. The number of ether oxygens (including phenoxy) is 1. The SMILES string of the molecule is Cc1ccc(CNC(=O)Cc2ccc(N(C)C(=O)CCN3CCC(OC(=O)Nc4ccccc4-c4ccccc4)CC3)cc2)cc1C[C@H](C)NC[C@H](O)c1ccc(O)c2[nH]c(=O)ccc12. The van der Waals surface area contributed by atoms with Crippen LogP contribution in [0.25, 0.3) is 22.0 Å². The summed E-state index contributed by atoms with van der Waals surface area (Å²) in [6.45, 7) is 6.82. The van der Waals surface area contributed by atoms with Gasteiger partial charge in [0.05, 0.1) is 23.7 Å². The van der Waals surface area contributed by atoms with Gasteiger partial charge < -0.3 is 40.4 Å². The highest BCUT2D eigenvalue weighted by Gasteiger charge is 2.24. The number of para-hydroxylation sites is 1. The highest BCUT2D eigenvalue weighted by atomic mass is 16.6. The minimum atomic E-state index is -0.860. The van der Waals surface area contributed by atoms with Gasteiger partial charge in [0.25, 0.3) is 0 Å². The topological polar surface area (TPSA) is 176 Å². The maximum absolute atomic E-state index is 13.2. The first kappa shape index (κ1) is 46.2. The van der Waals surface area contributed by atoms with Crippen molar-refractivity contribution in [2.75, 3.05) is 43.4 Å². The summed E-state index contributed by atoms with van der Waals surface area (Å²) in [7, 11) is 1.76. The van der Waals surface area contributed by atoms with Gasteiger partial charge >= 0.3 is 6.09 Å². The highest BCUT2D eigenvalue weighted by molar-refractivity contribution is 5.93. The van der Waals surface area contributed by atoms with Crippen LogP contribution in [0.4, 0.5) is 16.2 Å². The lowest BCUT2D eigenvalue weighted by Crippen LogP contribution is -2.40. The quantitative estimate of drug-likeness (QED) is 0.0546. The fraction of sp³-hybridized carbons (Fsp3) is 0.308. The third-order valence-electron chi connectivity index (χ3n) is 12.1. The number of nitrogens with zero attached hydrogens (tertiary/aromatic N) is 2. The number of nitrogens with one attached hydrogen (secondary N) is 4. The van der Waals surface area contributed by atoms with Crippen molar-refractivity contribution in [3.8, 4) is 16.9 Å². The second-order valence-corrected chi connectivity index (χ2v) is 16.9. The molecule has 6 N–H and O–H groups in total. The highest BCUT2D eigenvalue weighted by Crippen LogP contribution is 2.30. The molecule has 1 fully saturated rings. The molecule has 3 amide bonds. The Hall–Kier alpha value is -6.80. The van der Waals surface area contributed by atoms with E-state index in [4.69, 9.17) is 4.74 Å². The third-order valence-corrected chi connectivity index (χ3v) is 12.1. The molecule has 6 aromatic rings. The Morgan fingerprint density at radius 3 is 2.38 bits per heavy atom. The van der Waals surface area contributed by atoms with Crippen LogP contribution in [0.1, 0.15) is 60.1 Å². The summed E-state index contributed by atoms with van der Waals surface area (Å²) in [4.78, 5) is 57.3. The van der Waals surface area contributed by atoms with Gasteiger partial charge in [-0.2, -0.15) is 0 Å². The molecule has 0 bridgehead atoms. The molecule has 2 atom stereocenters. The number of hydrogen-bond acceptors (Lipinski definition) is 9. The second-order valence-electron chi connectivity index (χ2n) is 16.9. The van der Waals surface area contributed by atoms with Crippen molar-refractivity contribution in [1.82, 2.24) is 20.5 Å². The number of hydrogen-bond donors (Lipinski definition) is 6. The summed E-state index contributed by atoms with van der Waals surface area (Å²) in [6.07, 6.45) is 1.12. The van der Waals surface area contributed by atoms with E-state index in [1.54, 1.807) is 24.1 Å². The van der Waals surface area contributed by atoms with Crippen molar-refractivity contribution in [2.24, 2.45) is 0 Å². The van der Waals surface area contributed by atoms with Gasteiger partial charge in [-0.1, -0.05) is 84.9 Å². The number of piperidine rings is 1. The van der Waals surface area contributed by atoms with Gasteiger partial charge in [0, 0.05) is 74.9 Å². The number of aromatic amines is 1. The first-order valence-electron chi connectivity index (χ1n) is 22.2. The van der Waals surface area contributed by atoms with Crippen LogP contribution in [0.15, 0.2) is 126 Å². The lowest BCUT2D eigenvalue weighted by Gasteiger charge is -2.31. The molecule has 0 saturated carbocycles. The van der Waals surface area contributed by atoms with Crippen LogP contribution in [-0.2, 0) is 33.7 Å². The van der Waals surface area contributed by atoms with E-state index in [0.717, 1.165) is 52.2 Å². The molecule has 2 heterocycles. The predicted octanol–water partition coefficient (Wildman–Crippen LogP) is 7.39. The van der Waals surface area contributed by atoms with E-state index < -0.39 is 12.2 Å². The number of carbonyl (C=O) groups is 3. The molecule has 0 aliphatic carbocycles. The molecular weight excluding hydrogens is 821 g/mol. The number of anilines is 2. The molecule has 65 heavy (non-hydrogen) atoms. The van der Waals surface area contributed by atoms with E-state index >= 15 is 0 Å². The predicted molar refractivity (Wildman–Crippen MR) is 255 cm³/mol. The average molecular weight is 879 g/mol. The first-order chi connectivity index (χ1) is 31.4. The Kier molecular flexibility index (Phi) is 15.4. The number of benzene rings is 5. The van der Waals surface area contributed by atoms with Crippen LogP contribution < -0.4 is 26.4 Å². The standard InChI is InChI=1S/C52H58N6O7/c1-34-13-14-37(30-39(34)29-35(2)53-33-47(60)43-19-21-46(59)51-44(43)20-22-48(61)56-51)32-54-49(62)31-36-15-17-40(18-16-36)57(3)50(63)25-28-58-26-23-41(24-27-58)65-52(64)55-45-12-8-7-11-42(45)38-9-5-4-6-10-38/h4-22,30,35,41,47,53,59-60H,23-29,31-33H2,1-3H3,(H,54,62)(H,55,64)(H,56,61)/t35-,47-/m0/s1. The Balaban J connectivity index is 0.802. The van der Waals surface area contributed by atoms with Crippen molar-refractivity contribution in [3.63, 3.8) is 0 Å². The lowest BCUT2D eigenvalue weighted by molar-refractivity contribution is -0.120. The molecule has 1 aliphatic rings. The fourth-order valence-corrected chi connectivity index (χ4v) is 8.28. The van der Waals surface area contributed by atoms with E-state index in [9.17, 15) is 29.4 Å². The van der Waals surface area contributed by atoms with Gasteiger partial charge in [-0.25, -0.2) is 4.79 Å². The van der Waals surface area contributed by atoms with Crippen LogP contribution >= 0.6 is 0 Å². The zero-order valence-corrected chi connectivity index (χ0v) is 37.2. The number of fused-ring (bicyclic) bond motifs is 1. The van der Waals surface area contributed by atoms with E-state index in [0.29, 0.717) is 60.9 Å². The van der Waals surface area contributed by atoms with Gasteiger partial charge in [0.15, 0.2) is 0 Å². The van der Waals surface area contributed by atoms with Crippen LogP contribution in [0.5, 0.6) is 5.75 Å². The monoisotopic (exact) mass is 878 g/mol. The van der Waals surface area contributed by atoms with E-state index in [2.05, 4.69) is 38.8 Å². The van der Waals surface area contributed by atoms with Crippen LogP contribution in [0, 0.1) is 6.92 Å². The van der Waals surface area contributed by atoms with E-state index in [-0.39, 0.29) is 48.2 Å². The molecule has 1 aliphatic heterocycles. The number of aliphatic hydroxyl groups is 1. The molecule has 13 nitrogen and oxygen atoms in total. The summed E-state index contributed by atoms with van der Waals surface area (Å²) in [5.74, 6) is -0.167. The number of pyridine rings is 1. The number of amides is 3. The number of phenols is 1. The van der Waals surface area contributed by atoms with Crippen molar-refractivity contribution < 1.29 is 29.3 Å². The number of aromatic nitrogens is 1. The Bertz CT molecular complexity index is 2640. The van der Waals surface area contributed by atoms with Crippen molar-refractivity contribution >= 4 is 40.2 Å². The molecule has 13 heteroatoms. The van der Waals surface area contributed by atoms with E-state index in [1.165, 1.54) is 12.1 Å². The summed E-state index contributed by atoms with van der Waals surface area (Å²) in [5, 5.41) is 31.2.